The number of halogens is 1. The first kappa shape index (κ1) is 34.7. The molecule has 13 nitrogen and oxygen atoms in total. The fraction of sp³-hybridized carbons (Fsp3) is 0.633. The molecule has 0 aliphatic carbocycles. The third-order valence-corrected chi connectivity index (χ3v) is 7.88. The van der Waals surface area contributed by atoms with Crippen LogP contribution in [-0.2, 0) is 30.3 Å². The molecule has 0 saturated carbocycles. The highest BCUT2D eigenvalue weighted by Gasteiger charge is 2.53. The topological polar surface area (TPSA) is 192 Å². The molecule has 14 heteroatoms. The molecule has 1 aromatic rings. The maximum Gasteiger partial charge on any atom is 0.408 e. The first-order chi connectivity index (χ1) is 20.5. The Morgan fingerprint density at radius 2 is 1.73 bits per heavy atom. The van der Waals surface area contributed by atoms with Crippen molar-refractivity contribution < 1.29 is 43.3 Å². The molecule has 44 heavy (non-hydrogen) atoms. The van der Waals surface area contributed by atoms with Gasteiger partial charge < -0.3 is 41.1 Å². The number of carbonyl (C=O) groups is 5. The van der Waals surface area contributed by atoms with E-state index in [0.717, 1.165) is 0 Å². The number of aliphatic hydroxyl groups is 2. The van der Waals surface area contributed by atoms with Gasteiger partial charge in [0.25, 0.3) is 0 Å². The molecular formula is C30H44FN5O8. The summed E-state index contributed by atoms with van der Waals surface area (Å²) in [5.41, 5.74) is 3.39. The van der Waals surface area contributed by atoms with Gasteiger partial charge in [-0.15, -0.1) is 0 Å². The number of alkyl carbamates (subject to hydrolysis) is 1. The van der Waals surface area contributed by atoms with Crippen molar-refractivity contribution in [1.82, 2.24) is 20.4 Å². The molecule has 244 valence electrons. The summed E-state index contributed by atoms with van der Waals surface area (Å²) < 4.78 is 19.4. The van der Waals surface area contributed by atoms with Gasteiger partial charge in [0, 0.05) is 19.5 Å². The first-order valence-electron chi connectivity index (χ1n) is 14.8. The fourth-order valence-electron chi connectivity index (χ4n) is 5.86. The Bertz CT molecular complexity index is 1250. The number of hydrogen-bond acceptors (Lipinski definition) is 8. The van der Waals surface area contributed by atoms with Crippen LogP contribution in [0.3, 0.4) is 0 Å². The number of primary amides is 1. The van der Waals surface area contributed by atoms with Crippen LogP contribution in [0, 0.1) is 5.82 Å². The molecule has 3 rings (SSSR count). The summed E-state index contributed by atoms with van der Waals surface area (Å²) in [5, 5.41) is 25.4. The summed E-state index contributed by atoms with van der Waals surface area (Å²) in [6.45, 7) is 7.86. The molecule has 2 heterocycles. The van der Waals surface area contributed by atoms with Crippen molar-refractivity contribution in [1.29, 1.82) is 0 Å². The highest BCUT2D eigenvalue weighted by atomic mass is 19.1. The highest BCUT2D eigenvalue weighted by Crippen LogP contribution is 2.36. The molecule has 6 N–H and O–H groups in total. The van der Waals surface area contributed by atoms with E-state index in [4.69, 9.17) is 10.5 Å². The molecule has 6 atom stereocenters. The van der Waals surface area contributed by atoms with E-state index < -0.39 is 77.0 Å². The zero-order valence-electron chi connectivity index (χ0n) is 25.8. The van der Waals surface area contributed by atoms with Crippen LogP contribution in [0.5, 0.6) is 0 Å². The van der Waals surface area contributed by atoms with Crippen molar-refractivity contribution in [3.63, 3.8) is 0 Å². The number of rotatable bonds is 10. The number of carbonyl (C=O) groups excluding carboxylic acids is 5. The second kappa shape index (κ2) is 13.9. The first-order valence-corrected chi connectivity index (χ1v) is 14.8. The van der Waals surface area contributed by atoms with Gasteiger partial charge in [-0.25, -0.2) is 9.18 Å². The van der Waals surface area contributed by atoms with E-state index in [9.17, 15) is 38.6 Å². The summed E-state index contributed by atoms with van der Waals surface area (Å²) in [5.74, 6) is -3.50. The fourth-order valence-corrected chi connectivity index (χ4v) is 5.86. The lowest BCUT2D eigenvalue weighted by molar-refractivity contribution is -0.153. The second-order valence-corrected chi connectivity index (χ2v) is 12.6. The molecule has 0 unspecified atom stereocenters. The number of nitrogens with two attached hydrogens (primary N) is 1. The normalized spacial score (nSPS) is 23.0. The Morgan fingerprint density at radius 1 is 1.07 bits per heavy atom. The Morgan fingerprint density at radius 3 is 2.30 bits per heavy atom. The molecule has 5 amide bonds. The maximum absolute atomic E-state index is 14.3. The average Bonchev–Trinajstić information content (AvgIpc) is 3.56. The van der Waals surface area contributed by atoms with Crippen molar-refractivity contribution in [2.24, 2.45) is 5.73 Å². The molecule has 2 fully saturated rings. The van der Waals surface area contributed by atoms with Gasteiger partial charge in [-0.05, 0) is 78.0 Å². The summed E-state index contributed by atoms with van der Waals surface area (Å²) in [6.07, 6.45) is -2.41. The third-order valence-electron chi connectivity index (χ3n) is 7.88. The van der Waals surface area contributed by atoms with Gasteiger partial charge in [0.15, 0.2) is 0 Å². The van der Waals surface area contributed by atoms with Gasteiger partial charge in [0.2, 0.25) is 23.6 Å². The number of aliphatic hydroxyl groups excluding tert-OH is 2. The number of hydrogen-bond donors (Lipinski definition) is 5. The minimum absolute atomic E-state index is 0.106. The number of ether oxygens (including phenoxy) is 1. The van der Waals surface area contributed by atoms with Crippen molar-refractivity contribution in [3.05, 3.63) is 35.6 Å². The minimum Gasteiger partial charge on any atom is -0.444 e. The van der Waals surface area contributed by atoms with Gasteiger partial charge in [-0.1, -0.05) is 12.1 Å². The maximum atomic E-state index is 14.3. The summed E-state index contributed by atoms with van der Waals surface area (Å²) in [6, 6.07) is 1.71. The van der Waals surface area contributed by atoms with Crippen LogP contribution in [-0.4, -0.2) is 104 Å². The molecule has 0 radical (unpaired) electrons. The number of likely N-dealkylation sites (tertiary alicyclic amines) is 2. The van der Waals surface area contributed by atoms with E-state index in [1.54, 1.807) is 26.8 Å². The van der Waals surface area contributed by atoms with Crippen LogP contribution in [0.15, 0.2) is 24.3 Å². The Balaban J connectivity index is 1.95. The predicted molar refractivity (Wildman–Crippen MR) is 156 cm³/mol. The summed E-state index contributed by atoms with van der Waals surface area (Å²) in [7, 11) is 0. The molecule has 2 saturated heterocycles. The number of nitrogens with zero attached hydrogens (tertiary/aromatic N) is 2. The van der Waals surface area contributed by atoms with Crippen molar-refractivity contribution in [3.8, 4) is 0 Å². The van der Waals surface area contributed by atoms with Crippen molar-refractivity contribution >= 4 is 29.7 Å². The lowest BCUT2D eigenvalue weighted by Gasteiger charge is -2.41. The van der Waals surface area contributed by atoms with E-state index in [1.807, 2.05) is 0 Å². The molecule has 0 bridgehead atoms. The monoisotopic (exact) mass is 621 g/mol. The third kappa shape index (κ3) is 8.03. The standard InChI is InChI=1S/C30H44FN5O8/c1-17(37)22(24(32)39)33-27(42)30(16-19-9-6-10-20(31)15-19)12-8-14-36(30)25(40)21-11-7-13-35(21)26(41)23(18(2)38)34-28(43)44-29(3,4)5/h6,9-10,15,17-18,21-23,37-38H,7-8,11-14,16H2,1-5H3,(H2,32,39)(H,33,42)(H,34,43)/t17-,18-,21+,22+,23+,30+/m1/s1. The Hall–Kier alpha value is -3.78. The highest BCUT2D eigenvalue weighted by molar-refractivity contribution is 5.98. The van der Waals surface area contributed by atoms with E-state index in [-0.39, 0.29) is 32.4 Å². The van der Waals surface area contributed by atoms with Gasteiger partial charge in [-0.2, -0.15) is 0 Å². The smallest absolute Gasteiger partial charge is 0.408 e. The molecule has 1 aromatic carbocycles. The van der Waals surface area contributed by atoms with Gasteiger partial charge in [0.1, 0.15) is 35.1 Å². The van der Waals surface area contributed by atoms with E-state index >= 15 is 0 Å². The van der Waals surface area contributed by atoms with Crippen LogP contribution in [0.25, 0.3) is 0 Å². The molecule has 2 aliphatic rings. The lowest BCUT2D eigenvalue weighted by Crippen LogP contribution is -2.65. The largest absolute Gasteiger partial charge is 0.444 e. The zero-order valence-corrected chi connectivity index (χ0v) is 25.8. The quantitative estimate of drug-likeness (QED) is 0.247. The van der Waals surface area contributed by atoms with Gasteiger partial charge in [0.05, 0.1) is 12.2 Å². The second-order valence-electron chi connectivity index (χ2n) is 12.6. The van der Waals surface area contributed by atoms with Gasteiger partial charge in [-0.3, -0.25) is 19.2 Å². The number of benzene rings is 1. The Kier molecular flexibility index (Phi) is 11.0. The molecular weight excluding hydrogens is 577 g/mol. The van der Waals surface area contributed by atoms with E-state index in [0.29, 0.717) is 18.4 Å². The van der Waals surface area contributed by atoms with Crippen LogP contribution in [0.4, 0.5) is 9.18 Å². The van der Waals surface area contributed by atoms with E-state index in [1.165, 1.54) is 41.8 Å². The average molecular weight is 622 g/mol. The predicted octanol–water partition coefficient (Wildman–Crippen LogP) is 0.345. The van der Waals surface area contributed by atoms with Gasteiger partial charge >= 0.3 is 6.09 Å². The van der Waals surface area contributed by atoms with Crippen molar-refractivity contribution in [2.45, 2.75) is 108 Å². The molecule has 0 spiro atoms. The van der Waals surface area contributed by atoms with Crippen LogP contribution < -0.4 is 16.4 Å². The summed E-state index contributed by atoms with van der Waals surface area (Å²) >= 11 is 0. The molecule has 2 aliphatic heterocycles. The summed E-state index contributed by atoms with van der Waals surface area (Å²) in [4.78, 5) is 69.0. The van der Waals surface area contributed by atoms with Crippen LogP contribution in [0.2, 0.25) is 0 Å². The van der Waals surface area contributed by atoms with Crippen LogP contribution in [0.1, 0.15) is 65.9 Å². The number of amides is 5. The lowest BCUT2D eigenvalue weighted by atomic mass is 9.86. The van der Waals surface area contributed by atoms with E-state index in [2.05, 4.69) is 10.6 Å². The number of nitrogens with one attached hydrogen (secondary N) is 2. The zero-order chi connectivity index (χ0) is 33.0. The van der Waals surface area contributed by atoms with Crippen LogP contribution >= 0.6 is 0 Å². The van der Waals surface area contributed by atoms with Crippen molar-refractivity contribution in [2.75, 3.05) is 13.1 Å². The Labute approximate surface area is 256 Å². The molecule has 0 aromatic heterocycles. The minimum atomic E-state index is -1.59. The SMILES string of the molecule is C[C@@H](O)[C@H](NC(=O)[C@@]1(Cc2cccc(F)c2)CCCN1C(=O)[C@@H]1CCCN1C(=O)[C@@H](NC(=O)OC(C)(C)C)[C@@H](C)O)C(N)=O.